The van der Waals surface area contributed by atoms with E-state index < -0.39 is 17.5 Å². The molecule has 0 aliphatic carbocycles. The van der Waals surface area contributed by atoms with E-state index in [0.29, 0.717) is 19.8 Å². The van der Waals surface area contributed by atoms with Gasteiger partial charge in [0, 0.05) is 0 Å². The quantitative estimate of drug-likeness (QED) is 0.770. The Labute approximate surface area is 144 Å². The van der Waals surface area contributed by atoms with Crippen molar-refractivity contribution < 1.29 is 22.0 Å². The van der Waals surface area contributed by atoms with Crippen LogP contribution in [-0.4, -0.2) is 29.6 Å². The van der Waals surface area contributed by atoms with Gasteiger partial charge in [0.05, 0.1) is 26.4 Å². The molecule has 0 saturated carbocycles. The van der Waals surface area contributed by atoms with Crippen molar-refractivity contribution >= 4 is 11.4 Å². The average Bonchev–Trinajstić information content (AvgIpc) is 2.63. The first-order chi connectivity index (χ1) is 11.8. The maximum absolute atomic E-state index is 11.5. The molecule has 0 bridgehead atoms. The van der Waals surface area contributed by atoms with Crippen molar-refractivity contribution in [1.29, 1.82) is 0 Å². The van der Waals surface area contributed by atoms with Crippen LogP contribution in [0.25, 0.3) is 0 Å². The van der Waals surface area contributed by atoms with Crippen LogP contribution in [0.15, 0.2) is 60.7 Å². The zero-order valence-electron chi connectivity index (χ0n) is 13.2. The fraction of sp³-hybridized carbons (Fsp3) is 0.333. The summed E-state index contributed by atoms with van der Waals surface area (Å²) in [6, 6.07) is 19.7. The number of hydrogen-bond donors (Lipinski definition) is 0. The fourth-order valence-corrected chi connectivity index (χ4v) is 3.04. The van der Waals surface area contributed by atoms with Crippen molar-refractivity contribution in [1.82, 2.24) is 0 Å². The standard InChI is InChI=1S/C18H20O5S/c19-24-22-14-17(21-12-16-9-5-2-6-10-16)18(23-24)13-20-11-15-7-3-1-4-8-15/h1-10,17-18H,11-14H2/t17-,18?,24?/m1/s1. The zero-order chi connectivity index (χ0) is 16.6. The molecule has 3 rings (SSSR count). The van der Waals surface area contributed by atoms with E-state index in [4.69, 9.17) is 17.8 Å². The van der Waals surface area contributed by atoms with Crippen molar-refractivity contribution in [2.45, 2.75) is 25.4 Å². The van der Waals surface area contributed by atoms with Gasteiger partial charge in [-0.05, 0) is 11.1 Å². The molecule has 1 aliphatic rings. The van der Waals surface area contributed by atoms with E-state index in [9.17, 15) is 4.21 Å². The van der Waals surface area contributed by atoms with Gasteiger partial charge < -0.3 is 9.47 Å². The molecule has 0 amide bonds. The van der Waals surface area contributed by atoms with Gasteiger partial charge in [0.2, 0.25) is 0 Å². The molecule has 1 aliphatic heterocycles. The Kier molecular flexibility index (Phi) is 6.51. The molecule has 1 fully saturated rings. The highest BCUT2D eigenvalue weighted by atomic mass is 32.2. The first-order valence-electron chi connectivity index (χ1n) is 7.80. The maximum Gasteiger partial charge on any atom is 0.305 e. The summed E-state index contributed by atoms with van der Waals surface area (Å²) in [5.74, 6) is 0. The molecule has 2 aromatic rings. The lowest BCUT2D eigenvalue weighted by molar-refractivity contribution is -0.102. The first-order valence-corrected chi connectivity index (χ1v) is 8.80. The molecule has 0 spiro atoms. The first kappa shape index (κ1) is 17.3. The number of benzene rings is 2. The molecule has 1 saturated heterocycles. The van der Waals surface area contributed by atoms with Gasteiger partial charge in [0.15, 0.2) is 0 Å². The molecular formula is C18H20O5S. The Bertz CT molecular complexity index is 634. The average molecular weight is 348 g/mol. The summed E-state index contributed by atoms with van der Waals surface area (Å²) < 4.78 is 33.4. The Morgan fingerprint density at radius 3 is 2.25 bits per heavy atom. The molecular weight excluding hydrogens is 328 g/mol. The molecule has 6 heteroatoms. The van der Waals surface area contributed by atoms with Gasteiger partial charge in [0.1, 0.15) is 12.2 Å². The predicted molar refractivity (Wildman–Crippen MR) is 90.1 cm³/mol. The Balaban J connectivity index is 1.50. The fourth-order valence-electron chi connectivity index (χ4n) is 2.36. The third-order valence-electron chi connectivity index (χ3n) is 3.65. The summed E-state index contributed by atoms with van der Waals surface area (Å²) in [6.07, 6.45) is -0.745. The second-order valence-electron chi connectivity index (χ2n) is 5.46. The minimum absolute atomic E-state index is 0.221. The second-order valence-corrected chi connectivity index (χ2v) is 6.30. The molecule has 2 unspecified atom stereocenters. The summed E-state index contributed by atoms with van der Waals surface area (Å²) in [7, 11) is 0. The summed E-state index contributed by atoms with van der Waals surface area (Å²) in [5, 5.41) is 0. The smallest absolute Gasteiger partial charge is 0.305 e. The van der Waals surface area contributed by atoms with E-state index in [0.717, 1.165) is 11.1 Å². The molecule has 3 atom stereocenters. The number of rotatable bonds is 7. The van der Waals surface area contributed by atoms with Crippen LogP contribution in [0.2, 0.25) is 0 Å². The Morgan fingerprint density at radius 2 is 1.58 bits per heavy atom. The van der Waals surface area contributed by atoms with E-state index in [1.165, 1.54) is 0 Å². The molecule has 0 aromatic heterocycles. The monoisotopic (exact) mass is 348 g/mol. The van der Waals surface area contributed by atoms with Gasteiger partial charge in [-0.2, -0.15) is 4.21 Å². The molecule has 0 radical (unpaired) electrons. The van der Waals surface area contributed by atoms with Crippen molar-refractivity contribution in [3.8, 4) is 0 Å². The van der Waals surface area contributed by atoms with E-state index >= 15 is 0 Å². The van der Waals surface area contributed by atoms with Crippen LogP contribution >= 0.6 is 0 Å². The molecule has 2 aromatic carbocycles. The molecule has 1 heterocycles. The Morgan fingerprint density at radius 1 is 0.958 bits per heavy atom. The van der Waals surface area contributed by atoms with Gasteiger partial charge in [0.25, 0.3) is 0 Å². The summed E-state index contributed by atoms with van der Waals surface area (Å²) >= 11 is -1.75. The zero-order valence-corrected chi connectivity index (χ0v) is 14.0. The molecule has 24 heavy (non-hydrogen) atoms. The van der Waals surface area contributed by atoms with Gasteiger partial charge in [-0.3, -0.25) is 8.37 Å². The minimum Gasteiger partial charge on any atom is -0.374 e. The number of hydrogen-bond acceptors (Lipinski definition) is 5. The summed E-state index contributed by atoms with van der Waals surface area (Å²) in [4.78, 5) is 0. The SMILES string of the molecule is O=S1OC[C@@H](OCc2ccccc2)C(COCc2ccccc2)O1. The maximum atomic E-state index is 11.5. The highest BCUT2D eigenvalue weighted by Gasteiger charge is 2.32. The van der Waals surface area contributed by atoms with Crippen molar-refractivity contribution in [2.75, 3.05) is 13.2 Å². The third-order valence-corrected chi connectivity index (χ3v) is 4.38. The predicted octanol–water partition coefficient (Wildman–Crippen LogP) is 2.78. The van der Waals surface area contributed by atoms with Crippen LogP contribution < -0.4 is 0 Å². The summed E-state index contributed by atoms with van der Waals surface area (Å²) in [5.41, 5.74) is 2.14. The van der Waals surface area contributed by atoms with Crippen LogP contribution in [0.3, 0.4) is 0 Å². The highest BCUT2D eigenvalue weighted by Crippen LogP contribution is 2.17. The third kappa shape index (κ3) is 5.22. The van der Waals surface area contributed by atoms with Crippen LogP contribution in [-0.2, 0) is 42.4 Å². The van der Waals surface area contributed by atoms with Crippen LogP contribution in [0.4, 0.5) is 0 Å². The Hall–Kier alpha value is -1.57. The van der Waals surface area contributed by atoms with Crippen molar-refractivity contribution in [3.63, 3.8) is 0 Å². The van der Waals surface area contributed by atoms with E-state index in [1.807, 2.05) is 60.7 Å². The minimum atomic E-state index is -1.75. The van der Waals surface area contributed by atoms with Gasteiger partial charge >= 0.3 is 11.4 Å². The molecule has 128 valence electrons. The van der Waals surface area contributed by atoms with E-state index in [-0.39, 0.29) is 12.7 Å². The van der Waals surface area contributed by atoms with E-state index in [1.54, 1.807) is 0 Å². The van der Waals surface area contributed by atoms with Crippen molar-refractivity contribution in [3.05, 3.63) is 71.8 Å². The van der Waals surface area contributed by atoms with Crippen molar-refractivity contribution in [2.24, 2.45) is 0 Å². The lowest BCUT2D eigenvalue weighted by Crippen LogP contribution is -2.43. The topological polar surface area (TPSA) is 54.0 Å². The van der Waals surface area contributed by atoms with Gasteiger partial charge in [-0.25, -0.2) is 0 Å². The summed E-state index contributed by atoms with van der Waals surface area (Å²) in [6.45, 7) is 1.43. The van der Waals surface area contributed by atoms with Gasteiger partial charge in [-0.15, -0.1) is 0 Å². The van der Waals surface area contributed by atoms with Gasteiger partial charge in [-0.1, -0.05) is 60.7 Å². The molecule has 5 nitrogen and oxygen atoms in total. The lowest BCUT2D eigenvalue weighted by Gasteiger charge is -2.29. The normalized spacial score (nSPS) is 23.9. The highest BCUT2D eigenvalue weighted by molar-refractivity contribution is 7.75. The lowest BCUT2D eigenvalue weighted by atomic mass is 10.2. The van der Waals surface area contributed by atoms with E-state index in [2.05, 4.69) is 0 Å². The largest absolute Gasteiger partial charge is 0.374 e. The second kappa shape index (κ2) is 9.05. The van der Waals surface area contributed by atoms with Crippen LogP contribution in [0, 0.1) is 0 Å². The molecule has 0 N–H and O–H groups in total. The van der Waals surface area contributed by atoms with Crippen LogP contribution in [0.1, 0.15) is 11.1 Å². The number of ether oxygens (including phenoxy) is 2. The van der Waals surface area contributed by atoms with Crippen LogP contribution in [0.5, 0.6) is 0 Å².